The second-order valence-corrected chi connectivity index (χ2v) is 3.15. The fourth-order valence-corrected chi connectivity index (χ4v) is 1.25. The predicted molar refractivity (Wildman–Crippen MR) is 59.8 cm³/mol. The minimum atomic E-state index is 0.0930. The van der Waals surface area contributed by atoms with E-state index in [4.69, 9.17) is 15.6 Å². The number of pyridine rings is 1. The molecule has 0 amide bonds. The second kappa shape index (κ2) is 6.21. The zero-order valence-electron chi connectivity index (χ0n) is 8.89. The number of rotatable bonds is 6. The molecule has 0 atom stereocenters. The maximum Gasteiger partial charge on any atom is 0.128 e. The molecular weight excluding hydrogens is 194 g/mol. The van der Waals surface area contributed by atoms with Crippen molar-refractivity contribution < 1.29 is 9.84 Å². The Hall–Kier alpha value is -1.33. The molecule has 1 aromatic rings. The molecule has 0 saturated carbocycles. The van der Waals surface area contributed by atoms with Crippen LogP contribution in [-0.4, -0.2) is 43.5 Å². The highest BCUT2D eigenvalue weighted by Gasteiger charge is 2.06. The number of hydrogen-bond acceptors (Lipinski definition) is 5. The number of aliphatic hydroxyl groups excluding tert-OH is 1. The standard InChI is InChI=1S/C10H17N3O2/c1-15-7-5-13(4-6-14)10-3-2-9(11)8-12-10/h2-3,8,14H,4-7,11H2,1H3. The van der Waals surface area contributed by atoms with Gasteiger partial charge in [-0.3, -0.25) is 0 Å². The van der Waals surface area contributed by atoms with Crippen molar-refractivity contribution in [1.82, 2.24) is 4.98 Å². The van der Waals surface area contributed by atoms with E-state index in [9.17, 15) is 0 Å². The first-order valence-corrected chi connectivity index (χ1v) is 4.84. The molecule has 0 spiro atoms. The number of aromatic nitrogens is 1. The molecule has 0 aliphatic rings. The van der Waals surface area contributed by atoms with Crippen LogP contribution in [0.1, 0.15) is 0 Å². The van der Waals surface area contributed by atoms with E-state index in [0.29, 0.717) is 25.4 Å². The molecular formula is C10H17N3O2. The Bertz CT molecular complexity index is 277. The molecule has 84 valence electrons. The Morgan fingerprint density at radius 3 is 2.80 bits per heavy atom. The molecule has 3 N–H and O–H groups in total. The summed E-state index contributed by atoms with van der Waals surface area (Å²) in [4.78, 5) is 6.13. The quantitative estimate of drug-likeness (QED) is 0.698. The molecule has 1 rings (SSSR count). The van der Waals surface area contributed by atoms with Crippen LogP contribution in [0.3, 0.4) is 0 Å². The van der Waals surface area contributed by atoms with Gasteiger partial charge in [-0.2, -0.15) is 0 Å². The molecule has 1 heterocycles. The van der Waals surface area contributed by atoms with Gasteiger partial charge in [-0.1, -0.05) is 0 Å². The Labute approximate surface area is 89.5 Å². The lowest BCUT2D eigenvalue weighted by molar-refractivity contribution is 0.202. The second-order valence-electron chi connectivity index (χ2n) is 3.15. The molecule has 0 aliphatic carbocycles. The van der Waals surface area contributed by atoms with Gasteiger partial charge in [0.1, 0.15) is 5.82 Å². The highest BCUT2D eigenvalue weighted by Crippen LogP contribution is 2.11. The summed E-state index contributed by atoms with van der Waals surface area (Å²) in [5, 5.41) is 8.92. The Balaban J connectivity index is 2.65. The van der Waals surface area contributed by atoms with Gasteiger partial charge in [0.25, 0.3) is 0 Å². The van der Waals surface area contributed by atoms with Crippen LogP contribution in [0, 0.1) is 0 Å². The van der Waals surface area contributed by atoms with Crippen LogP contribution < -0.4 is 10.6 Å². The van der Waals surface area contributed by atoms with Crippen molar-refractivity contribution in [2.75, 3.05) is 44.0 Å². The number of ether oxygens (including phenoxy) is 1. The van der Waals surface area contributed by atoms with Crippen molar-refractivity contribution in [3.63, 3.8) is 0 Å². The minimum Gasteiger partial charge on any atom is -0.397 e. The van der Waals surface area contributed by atoms with Crippen LogP contribution in [0.5, 0.6) is 0 Å². The lowest BCUT2D eigenvalue weighted by Gasteiger charge is -2.22. The van der Waals surface area contributed by atoms with Gasteiger partial charge in [0.15, 0.2) is 0 Å². The molecule has 0 bridgehead atoms. The summed E-state index contributed by atoms with van der Waals surface area (Å²) in [6.45, 7) is 1.94. The first-order valence-electron chi connectivity index (χ1n) is 4.84. The summed E-state index contributed by atoms with van der Waals surface area (Å²) >= 11 is 0. The lowest BCUT2D eigenvalue weighted by Crippen LogP contribution is -2.30. The van der Waals surface area contributed by atoms with Crippen molar-refractivity contribution in [2.45, 2.75) is 0 Å². The molecule has 5 heteroatoms. The lowest BCUT2D eigenvalue weighted by atomic mass is 10.3. The number of nitrogens with zero attached hydrogens (tertiary/aromatic N) is 2. The summed E-state index contributed by atoms with van der Waals surface area (Å²) in [7, 11) is 1.65. The topological polar surface area (TPSA) is 71.6 Å². The van der Waals surface area contributed by atoms with Crippen molar-refractivity contribution in [3.05, 3.63) is 18.3 Å². The molecule has 15 heavy (non-hydrogen) atoms. The van der Waals surface area contributed by atoms with E-state index in [2.05, 4.69) is 4.98 Å². The molecule has 0 fully saturated rings. The van der Waals surface area contributed by atoms with Gasteiger partial charge in [-0.15, -0.1) is 0 Å². The fraction of sp³-hybridized carbons (Fsp3) is 0.500. The summed E-state index contributed by atoms with van der Waals surface area (Å²) < 4.78 is 4.99. The molecule has 0 radical (unpaired) electrons. The van der Waals surface area contributed by atoms with Crippen molar-refractivity contribution in [2.24, 2.45) is 0 Å². The maximum absolute atomic E-state index is 8.92. The molecule has 0 saturated heterocycles. The van der Waals surface area contributed by atoms with Gasteiger partial charge < -0.3 is 20.5 Å². The number of nitrogen functional groups attached to an aromatic ring is 1. The van der Waals surface area contributed by atoms with Crippen molar-refractivity contribution in [1.29, 1.82) is 0 Å². The van der Waals surface area contributed by atoms with Crippen LogP contribution in [0.15, 0.2) is 18.3 Å². The maximum atomic E-state index is 8.92. The fourth-order valence-electron chi connectivity index (χ4n) is 1.25. The van der Waals surface area contributed by atoms with E-state index in [1.54, 1.807) is 19.4 Å². The van der Waals surface area contributed by atoms with Crippen molar-refractivity contribution in [3.8, 4) is 0 Å². The average molecular weight is 211 g/mol. The smallest absolute Gasteiger partial charge is 0.128 e. The average Bonchev–Trinajstić information content (AvgIpc) is 2.25. The number of aliphatic hydroxyl groups is 1. The third-order valence-electron chi connectivity index (χ3n) is 2.03. The zero-order valence-corrected chi connectivity index (χ0v) is 8.89. The van der Waals surface area contributed by atoms with Gasteiger partial charge in [-0.25, -0.2) is 4.98 Å². The highest BCUT2D eigenvalue weighted by molar-refractivity contribution is 5.45. The number of anilines is 2. The van der Waals surface area contributed by atoms with Crippen LogP contribution in [0.2, 0.25) is 0 Å². The summed E-state index contributed by atoms with van der Waals surface area (Å²) in [6.07, 6.45) is 1.60. The normalized spacial score (nSPS) is 10.3. The predicted octanol–water partition coefficient (Wildman–Crippen LogP) is 0.109. The summed E-state index contributed by atoms with van der Waals surface area (Å²) in [5.74, 6) is 0.801. The van der Waals surface area contributed by atoms with Crippen LogP contribution in [0.25, 0.3) is 0 Å². The largest absolute Gasteiger partial charge is 0.397 e. The van der Waals surface area contributed by atoms with E-state index >= 15 is 0 Å². The van der Waals surface area contributed by atoms with Crippen molar-refractivity contribution >= 4 is 11.5 Å². The number of methoxy groups -OCH3 is 1. The van der Waals surface area contributed by atoms with Crippen LogP contribution >= 0.6 is 0 Å². The van der Waals surface area contributed by atoms with Gasteiger partial charge in [0.2, 0.25) is 0 Å². The third kappa shape index (κ3) is 3.73. The molecule has 0 aromatic carbocycles. The first kappa shape index (κ1) is 11.7. The van der Waals surface area contributed by atoms with Crippen LogP contribution in [0.4, 0.5) is 11.5 Å². The first-order chi connectivity index (χ1) is 7.27. The van der Waals surface area contributed by atoms with Gasteiger partial charge in [-0.05, 0) is 12.1 Å². The Kier molecular flexibility index (Phi) is 4.86. The number of nitrogens with two attached hydrogens (primary N) is 1. The SMILES string of the molecule is COCCN(CCO)c1ccc(N)cn1. The van der Waals surface area contributed by atoms with Crippen LogP contribution in [-0.2, 0) is 4.74 Å². The van der Waals surface area contributed by atoms with E-state index in [0.717, 1.165) is 5.82 Å². The Morgan fingerprint density at radius 1 is 1.47 bits per heavy atom. The molecule has 0 unspecified atom stereocenters. The minimum absolute atomic E-state index is 0.0930. The van der Waals surface area contributed by atoms with E-state index < -0.39 is 0 Å². The van der Waals surface area contributed by atoms with Gasteiger partial charge in [0, 0.05) is 20.2 Å². The zero-order chi connectivity index (χ0) is 11.1. The summed E-state index contributed by atoms with van der Waals surface area (Å²) in [5.41, 5.74) is 6.18. The van der Waals surface area contributed by atoms with Gasteiger partial charge in [0.05, 0.1) is 25.1 Å². The molecule has 0 aliphatic heterocycles. The molecule has 5 nitrogen and oxygen atoms in total. The highest BCUT2D eigenvalue weighted by atomic mass is 16.5. The third-order valence-corrected chi connectivity index (χ3v) is 2.03. The number of hydrogen-bond donors (Lipinski definition) is 2. The Morgan fingerprint density at radius 2 is 2.27 bits per heavy atom. The van der Waals surface area contributed by atoms with E-state index in [1.807, 2.05) is 11.0 Å². The summed E-state index contributed by atoms with van der Waals surface area (Å²) in [6, 6.07) is 3.63. The van der Waals surface area contributed by atoms with Gasteiger partial charge >= 0.3 is 0 Å². The monoisotopic (exact) mass is 211 g/mol. The van der Waals surface area contributed by atoms with E-state index in [1.165, 1.54) is 0 Å². The van der Waals surface area contributed by atoms with E-state index in [-0.39, 0.29) is 6.61 Å². The molecule has 1 aromatic heterocycles.